The van der Waals surface area contributed by atoms with Crippen molar-refractivity contribution >= 4 is 57.2 Å². The molecule has 1 aromatic carbocycles. The number of tetrazole rings is 2. The number of aryl methyl sites for hydroxylation is 2. The summed E-state index contributed by atoms with van der Waals surface area (Å²) in [5, 5.41) is 86.3. The predicted octanol–water partition coefficient (Wildman–Crippen LogP) is -0.319. The van der Waals surface area contributed by atoms with Crippen molar-refractivity contribution in [3.8, 4) is 0 Å². The average Bonchev–Trinajstić information content (AvgIpc) is 4.13. The number of halogens is 2. The van der Waals surface area contributed by atoms with Gasteiger partial charge in [-0.05, 0) is 53.0 Å². The topological polar surface area (TPSA) is 318 Å². The van der Waals surface area contributed by atoms with E-state index in [4.69, 9.17) is 32.7 Å². The Morgan fingerprint density at radius 1 is 0.667 bits per heavy atom. The molecule has 314 valence electrons. The fraction of sp³-hybridized carbons (Fsp3) is 0.455. The first-order valence-electron chi connectivity index (χ1n) is 18.6. The lowest BCUT2D eigenvalue weighted by Crippen LogP contribution is -2.41. The minimum Gasteiger partial charge on any atom is -0.387 e. The second-order valence-electron chi connectivity index (χ2n) is 14.0. The first kappa shape index (κ1) is 39.8. The molecular formula is C33H36Cl2N18O7. The number of aliphatic hydroxyl groups is 5. The van der Waals surface area contributed by atoms with Gasteiger partial charge < -0.3 is 45.6 Å². The van der Waals surface area contributed by atoms with E-state index >= 15 is 0 Å². The number of hydrogen-bond donors (Lipinski definition) is 7. The van der Waals surface area contributed by atoms with Gasteiger partial charge in [0.2, 0.25) is 22.2 Å². The molecule has 27 heteroatoms. The summed E-state index contributed by atoms with van der Waals surface area (Å²) in [6.07, 6.45) is -7.45. The molecule has 2 saturated heterocycles. The molecule has 60 heavy (non-hydrogen) atoms. The molecule has 0 aliphatic carbocycles. The molecule has 25 nitrogen and oxygen atoms in total. The number of nitrogens with one attached hydrogen (secondary N) is 2. The van der Waals surface area contributed by atoms with Crippen LogP contribution in [0.15, 0.2) is 43.0 Å². The number of aromatic nitrogens is 16. The van der Waals surface area contributed by atoms with Crippen molar-refractivity contribution in [3.63, 3.8) is 0 Å². The van der Waals surface area contributed by atoms with Gasteiger partial charge in [0, 0.05) is 0 Å². The number of fused-ring (bicyclic) bond motifs is 2. The van der Waals surface area contributed by atoms with Crippen molar-refractivity contribution in [2.75, 3.05) is 23.7 Å². The standard InChI is InChI=1S/C33H36Cl2N18O7/c1-3-52-46-25(44-48-52)21-17(54)19(56)29(59-21)50-12-38-15-23(40-31(34)42-27(15)50)36-10-33(58,14-8-6-5-7-9-14)11-37-24-16-28(43-32(35)41-24)51(13-39-16)30-20(57)18(55)22(60-30)26-45-49-53(4-2)47-26/h5-9,12-13,17-22,29-30,54-58H,3-4,10-11H2,1-2H3,(H,36,40,42)(H,37,41,43)/t17-,18-,19+,20+,21-,22-,29+,30+/m0/s1. The quantitative estimate of drug-likeness (QED) is 0.0731. The first-order valence-corrected chi connectivity index (χ1v) is 19.4. The Bertz CT molecular complexity index is 2490. The minimum atomic E-state index is -1.68. The number of ether oxygens (including phenoxy) is 2. The van der Waals surface area contributed by atoms with Gasteiger partial charge in [0.25, 0.3) is 0 Å². The molecule has 0 bridgehead atoms. The smallest absolute Gasteiger partial charge is 0.226 e. The highest BCUT2D eigenvalue weighted by molar-refractivity contribution is 6.29. The van der Waals surface area contributed by atoms with Crippen LogP contribution in [0.4, 0.5) is 11.6 Å². The lowest BCUT2D eigenvalue weighted by Gasteiger charge is -2.30. The number of aliphatic hydroxyl groups excluding tert-OH is 4. The maximum atomic E-state index is 12.4. The highest BCUT2D eigenvalue weighted by Crippen LogP contribution is 2.41. The van der Waals surface area contributed by atoms with Crippen LogP contribution in [0.25, 0.3) is 22.3 Å². The Morgan fingerprint density at radius 3 is 1.53 bits per heavy atom. The van der Waals surface area contributed by atoms with Crippen LogP contribution < -0.4 is 10.6 Å². The first-order chi connectivity index (χ1) is 29.0. The molecule has 0 amide bonds. The van der Waals surface area contributed by atoms with E-state index < -0.39 is 54.7 Å². The molecular weight excluding hydrogens is 831 g/mol. The molecule has 2 fully saturated rings. The van der Waals surface area contributed by atoms with E-state index in [1.807, 2.05) is 13.8 Å². The zero-order chi connectivity index (χ0) is 41.9. The summed E-state index contributed by atoms with van der Waals surface area (Å²) < 4.78 is 14.9. The van der Waals surface area contributed by atoms with Crippen LogP contribution in [0.5, 0.6) is 0 Å². The Balaban J connectivity index is 0.968. The number of rotatable bonds is 13. The van der Waals surface area contributed by atoms with Gasteiger partial charge in [0.05, 0.1) is 38.8 Å². The van der Waals surface area contributed by atoms with Crippen molar-refractivity contribution < 1.29 is 35.0 Å². The maximum Gasteiger partial charge on any atom is 0.226 e. The van der Waals surface area contributed by atoms with Crippen molar-refractivity contribution in [2.24, 2.45) is 0 Å². The maximum absolute atomic E-state index is 12.4. The van der Waals surface area contributed by atoms with E-state index in [2.05, 4.69) is 71.4 Å². The molecule has 0 spiro atoms. The lowest BCUT2D eigenvalue weighted by atomic mass is 9.93. The molecule has 2 aliphatic heterocycles. The Labute approximate surface area is 347 Å². The number of imidazole rings is 2. The van der Waals surface area contributed by atoms with Gasteiger partial charge in [-0.1, -0.05) is 30.3 Å². The fourth-order valence-electron chi connectivity index (χ4n) is 7.09. The second-order valence-corrected chi connectivity index (χ2v) is 14.6. The molecule has 2 aliphatic rings. The average molecular weight is 868 g/mol. The summed E-state index contributed by atoms with van der Waals surface area (Å²) in [5.41, 5.74) is -0.426. The zero-order valence-electron chi connectivity index (χ0n) is 31.5. The SMILES string of the molecule is CCn1nnc([C@H]2O[C@@H](n3cnc4c(NCC(O)(CNc5nc(Cl)nc6c5ncn6[C@@H]5O[C@H](c6nnn(CC)n6)[C@@H](O)[C@H]5O)c5ccccc5)nc(Cl)nc43)[C@H](O)[C@@H]2O)n1. The van der Waals surface area contributed by atoms with Gasteiger partial charge in [0.15, 0.2) is 58.6 Å². The predicted molar refractivity (Wildman–Crippen MR) is 205 cm³/mol. The van der Waals surface area contributed by atoms with Crippen LogP contribution in [0.2, 0.25) is 10.6 Å². The fourth-order valence-corrected chi connectivity index (χ4v) is 7.42. The largest absolute Gasteiger partial charge is 0.387 e. The summed E-state index contributed by atoms with van der Waals surface area (Å²) in [5.74, 6) is 0.480. The molecule has 6 aromatic heterocycles. The van der Waals surface area contributed by atoms with Crippen LogP contribution in [-0.4, -0.2) is 142 Å². The molecule has 0 saturated carbocycles. The van der Waals surface area contributed by atoms with E-state index in [1.165, 1.54) is 31.4 Å². The van der Waals surface area contributed by atoms with Crippen molar-refractivity contribution in [1.82, 2.24) is 79.5 Å². The van der Waals surface area contributed by atoms with Crippen LogP contribution in [0.3, 0.4) is 0 Å². The molecule has 8 atom stereocenters. The molecule has 7 N–H and O–H groups in total. The summed E-state index contributed by atoms with van der Waals surface area (Å²) in [6.45, 7) is 4.20. The van der Waals surface area contributed by atoms with Crippen molar-refractivity contribution in [1.29, 1.82) is 0 Å². The monoisotopic (exact) mass is 866 g/mol. The summed E-state index contributed by atoms with van der Waals surface area (Å²) in [6, 6.07) is 8.81. The van der Waals surface area contributed by atoms with E-state index in [0.29, 0.717) is 18.7 Å². The van der Waals surface area contributed by atoms with Crippen LogP contribution >= 0.6 is 23.2 Å². The van der Waals surface area contributed by atoms with Gasteiger partial charge in [-0.3, -0.25) is 9.13 Å². The number of hydrogen-bond acceptors (Lipinski definition) is 21. The second kappa shape index (κ2) is 15.8. The number of anilines is 2. The van der Waals surface area contributed by atoms with E-state index in [9.17, 15) is 25.5 Å². The normalized spacial score (nSPS) is 25.4. The Morgan fingerprint density at radius 2 is 1.12 bits per heavy atom. The molecule has 7 aromatic rings. The van der Waals surface area contributed by atoms with E-state index in [0.717, 1.165) is 0 Å². The summed E-state index contributed by atoms with van der Waals surface area (Å²) >= 11 is 12.8. The van der Waals surface area contributed by atoms with Gasteiger partial charge in [-0.2, -0.15) is 29.5 Å². The Hall–Kier alpha value is -5.64. The highest BCUT2D eigenvalue weighted by Gasteiger charge is 2.48. The van der Waals surface area contributed by atoms with E-state index in [-0.39, 0.29) is 69.3 Å². The van der Waals surface area contributed by atoms with Crippen LogP contribution in [0.1, 0.15) is 55.7 Å². The van der Waals surface area contributed by atoms with Gasteiger partial charge in [-0.15, -0.1) is 20.4 Å². The minimum absolute atomic E-state index is 0.0970. The van der Waals surface area contributed by atoms with Gasteiger partial charge >= 0.3 is 0 Å². The third-order valence-electron chi connectivity index (χ3n) is 10.2. The van der Waals surface area contributed by atoms with Gasteiger partial charge in [0.1, 0.15) is 30.0 Å². The van der Waals surface area contributed by atoms with E-state index in [1.54, 1.807) is 30.3 Å². The number of benzene rings is 1. The Kier molecular flexibility index (Phi) is 10.5. The van der Waals surface area contributed by atoms with Crippen LogP contribution in [-0.2, 0) is 28.2 Å². The zero-order valence-corrected chi connectivity index (χ0v) is 33.0. The summed E-state index contributed by atoms with van der Waals surface area (Å²) in [4.78, 5) is 28.9. The van der Waals surface area contributed by atoms with Crippen LogP contribution in [0, 0.1) is 0 Å². The summed E-state index contributed by atoms with van der Waals surface area (Å²) in [7, 11) is 0. The molecule has 8 heterocycles. The lowest BCUT2D eigenvalue weighted by molar-refractivity contribution is -0.0384. The highest BCUT2D eigenvalue weighted by atomic mass is 35.5. The molecule has 0 unspecified atom stereocenters. The number of nitrogens with zero attached hydrogens (tertiary/aromatic N) is 16. The molecule has 9 rings (SSSR count). The third kappa shape index (κ3) is 7.01. The third-order valence-corrected chi connectivity index (χ3v) is 10.6. The van der Waals surface area contributed by atoms with Crippen molar-refractivity contribution in [3.05, 3.63) is 70.8 Å². The van der Waals surface area contributed by atoms with Gasteiger partial charge in [-0.25, -0.2) is 9.97 Å². The molecule has 0 radical (unpaired) electrons. The van der Waals surface area contributed by atoms with Crippen molar-refractivity contribution in [2.45, 2.75) is 81.6 Å².